The van der Waals surface area contributed by atoms with E-state index >= 15 is 0 Å². The average Bonchev–Trinajstić information content (AvgIpc) is 2.13. The van der Waals surface area contributed by atoms with Crippen molar-refractivity contribution in [3.63, 3.8) is 0 Å². The minimum absolute atomic E-state index is 0. The van der Waals surface area contributed by atoms with Crippen LogP contribution in [0.3, 0.4) is 0 Å². The molecule has 0 amide bonds. The quantitative estimate of drug-likeness (QED) is 0.763. The maximum Gasteiger partial charge on any atom is 0.455 e. The summed E-state index contributed by atoms with van der Waals surface area (Å²) in [6.07, 6.45) is -6.00. The van der Waals surface area contributed by atoms with Crippen LogP contribution in [0.15, 0.2) is 16.6 Å². The van der Waals surface area contributed by atoms with Crippen molar-refractivity contribution in [3.05, 3.63) is 33.8 Å². The molecule has 110 valence electrons. The fourth-order valence-corrected chi connectivity index (χ4v) is 1.61. The molecular weight excluding hydrogens is 370 g/mol. The van der Waals surface area contributed by atoms with Crippen LogP contribution in [0.25, 0.3) is 0 Å². The van der Waals surface area contributed by atoms with Crippen LogP contribution in [0, 0.1) is 11.6 Å². The van der Waals surface area contributed by atoms with Crippen LogP contribution >= 0.6 is 28.3 Å². The smallest absolute Gasteiger partial charge is 0.319 e. The Balaban J connectivity index is 0.00000324. The van der Waals surface area contributed by atoms with Gasteiger partial charge in [0, 0.05) is 10.0 Å². The van der Waals surface area contributed by atoms with Gasteiger partial charge in [-0.05, 0) is 12.1 Å². The predicted octanol–water partition coefficient (Wildman–Crippen LogP) is 4.35. The molecule has 10 heteroatoms. The highest BCUT2D eigenvalue weighted by molar-refractivity contribution is 9.10. The van der Waals surface area contributed by atoms with Crippen molar-refractivity contribution in [1.82, 2.24) is 0 Å². The monoisotopic (exact) mass is 375 g/mol. The summed E-state index contributed by atoms with van der Waals surface area (Å²) in [6, 6.07) is -2.07. The molecule has 0 fully saturated rings. The number of nitrogens with two attached hydrogens (primary N) is 1. The maximum atomic E-state index is 13.2. The van der Waals surface area contributed by atoms with E-state index in [1.165, 1.54) is 0 Å². The molecule has 1 aromatic carbocycles. The molecule has 1 atom stereocenters. The third kappa shape index (κ3) is 3.51. The Labute approximate surface area is 117 Å². The molecule has 0 aromatic heterocycles. The summed E-state index contributed by atoms with van der Waals surface area (Å²) >= 11 is 2.66. The van der Waals surface area contributed by atoms with E-state index in [0.717, 1.165) is 0 Å². The molecule has 0 saturated carbocycles. The number of alkyl halides is 5. The van der Waals surface area contributed by atoms with Crippen molar-refractivity contribution in [2.45, 2.75) is 18.1 Å². The van der Waals surface area contributed by atoms with E-state index in [1.54, 1.807) is 0 Å². The van der Waals surface area contributed by atoms with Gasteiger partial charge in [0.25, 0.3) is 0 Å². The van der Waals surface area contributed by atoms with Crippen molar-refractivity contribution >= 4 is 28.3 Å². The van der Waals surface area contributed by atoms with Crippen LogP contribution in [0.4, 0.5) is 30.7 Å². The molecule has 0 aliphatic heterocycles. The Bertz CT molecular complexity index is 439. The zero-order chi connectivity index (χ0) is 14.3. The van der Waals surface area contributed by atoms with Gasteiger partial charge in [0.05, 0.1) is 0 Å². The number of hydrogen-bond acceptors (Lipinski definition) is 1. The molecule has 1 nitrogen and oxygen atoms in total. The average molecular weight is 376 g/mol. The molecule has 19 heavy (non-hydrogen) atoms. The molecule has 0 radical (unpaired) electrons. The van der Waals surface area contributed by atoms with Crippen molar-refractivity contribution in [2.75, 3.05) is 0 Å². The van der Waals surface area contributed by atoms with Crippen LogP contribution in [0.2, 0.25) is 0 Å². The highest BCUT2D eigenvalue weighted by atomic mass is 79.9. The normalized spacial score (nSPS) is 13.9. The van der Waals surface area contributed by atoms with Crippen molar-refractivity contribution in [3.8, 4) is 0 Å². The van der Waals surface area contributed by atoms with E-state index < -0.39 is 35.3 Å². The first-order valence-electron chi connectivity index (χ1n) is 4.33. The molecule has 1 rings (SSSR count). The van der Waals surface area contributed by atoms with E-state index in [4.69, 9.17) is 0 Å². The third-order valence-corrected chi connectivity index (χ3v) is 2.58. The summed E-state index contributed by atoms with van der Waals surface area (Å²) in [5.74, 6) is -8.61. The lowest BCUT2D eigenvalue weighted by Gasteiger charge is -2.26. The minimum atomic E-state index is -6.00. The Hall–Kier alpha value is -0.540. The molecule has 2 N–H and O–H groups in total. The molecule has 1 aromatic rings. The summed E-state index contributed by atoms with van der Waals surface area (Å²) in [7, 11) is 0. The standard InChI is InChI=1S/C9H5BrF7N.ClH/c10-3-1-4(11)6(5(12)2-3)7(18)8(13,14)9(15,16)17;/h1-2,7H,18H2;1H/t7-;/m0./s1. The Kier molecular flexibility index (Phi) is 5.67. The van der Waals surface area contributed by atoms with Gasteiger partial charge in [-0.3, -0.25) is 0 Å². The van der Waals surface area contributed by atoms with Gasteiger partial charge in [-0.15, -0.1) is 12.4 Å². The van der Waals surface area contributed by atoms with Gasteiger partial charge in [0.1, 0.15) is 17.7 Å². The van der Waals surface area contributed by atoms with Crippen molar-refractivity contribution in [2.24, 2.45) is 5.73 Å². The van der Waals surface area contributed by atoms with Crippen LogP contribution in [-0.4, -0.2) is 12.1 Å². The van der Waals surface area contributed by atoms with Crippen molar-refractivity contribution < 1.29 is 30.7 Å². The lowest BCUT2D eigenvalue weighted by Crippen LogP contribution is -2.46. The van der Waals surface area contributed by atoms with E-state index in [1.807, 2.05) is 0 Å². The molecular formula is C9H6BrClF7N. The number of hydrogen-bond donors (Lipinski definition) is 1. The van der Waals surface area contributed by atoms with E-state index in [-0.39, 0.29) is 16.9 Å². The van der Waals surface area contributed by atoms with Crippen LogP contribution in [-0.2, 0) is 0 Å². The first-order valence-corrected chi connectivity index (χ1v) is 5.12. The van der Waals surface area contributed by atoms with Gasteiger partial charge < -0.3 is 5.73 Å². The largest absolute Gasteiger partial charge is 0.455 e. The van der Waals surface area contributed by atoms with E-state index in [2.05, 4.69) is 21.7 Å². The Morgan fingerprint density at radius 1 is 1.00 bits per heavy atom. The summed E-state index contributed by atoms with van der Waals surface area (Å²) in [4.78, 5) is 0. The maximum absolute atomic E-state index is 13.2. The second-order valence-corrected chi connectivity index (χ2v) is 4.30. The fraction of sp³-hybridized carbons (Fsp3) is 0.333. The SMILES string of the molecule is Cl.N[C@@H](c1c(F)cc(Br)cc1F)C(F)(F)C(F)(F)F. The van der Waals surface area contributed by atoms with Gasteiger partial charge >= 0.3 is 12.1 Å². The third-order valence-electron chi connectivity index (χ3n) is 2.12. The predicted molar refractivity (Wildman–Crippen MR) is 59.2 cm³/mol. The van der Waals surface area contributed by atoms with E-state index in [0.29, 0.717) is 12.1 Å². The topological polar surface area (TPSA) is 26.0 Å². The summed E-state index contributed by atoms with van der Waals surface area (Å²) in [5.41, 5.74) is 3.13. The Morgan fingerprint density at radius 2 is 1.37 bits per heavy atom. The van der Waals surface area contributed by atoms with Crippen LogP contribution in [0.1, 0.15) is 11.6 Å². The minimum Gasteiger partial charge on any atom is -0.319 e. The van der Waals surface area contributed by atoms with Crippen LogP contribution < -0.4 is 5.73 Å². The first kappa shape index (κ1) is 18.5. The molecule has 0 aliphatic rings. The molecule has 0 unspecified atom stereocenters. The lowest BCUT2D eigenvalue weighted by molar-refractivity contribution is -0.291. The zero-order valence-corrected chi connectivity index (χ0v) is 11.1. The fourth-order valence-electron chi connectivity index (χ4n) is 1.21. The second kappa shape index (κ2) is 5.84. The number of rotatable bonds is 2. The summed E-state index contributed by atoms with van der Waals surface area (Å²) < 4.78 is 88.1. The van der Waals surface area contributed by atoms with Gasteiger partial charge in [0.2, 0.25) is 0 Å². The summed E-state index contributed by atoms with van der Waals surface area (Å²) in [5, 5.41) is 0. The first-order chi connectivity index (χ1) is 7.98. The number of benzene rings is 1. The zero-order valence-electron chi connectivity index (χ0n) is 8.74. The molecule has 0 spiro atoms. The highest BCUT2D eigenvalue weighted by Gasteiger charge is 2.62. The van der Waals surface area contributed by atoms with Gasteiger partial charge in [-0.2, -0.15) is 22.0 Å². The van der Waals surface area contributed by atoms with Gasteiger partial charge in [0.15, 0.2) is 0 Å². The van der Waals surface area contributed by atoms with Gasteiger partial charge in [-0.1, -0.05) is 15.9 Å². The van der Waals surface area contributed by atoms with Crippen molar-refractivity contribution in [1.29, 1.82) is 0 Å². The molecule has 0 heterocycles. The van der Waals surface area contributed by atoms with E-state index in [9.17, 15) is 30.7 Å². The Morgan fingerprint density at radius 3 is 1.68 bits per heavy atom. The highest BCUT2D eigenvalue weighted by Crippen LogP contribution is 2.44. The lowest BCUT2D eigenvalue weighted by atomic mass is 10.00. The number of halogens is 9. The molecule has 0 aliphatic carbocycles. The second-order valence-electron chi connectivity index (χ2n) is 3.38. The molecule has 0 bridgehead atoms. The van der Waals surface area contributed by atoms with Gasteiger partial charge in [-0.25, -0.2) is 8.78 Å². The summed E-state index contributed by atoms with van der Waals surface area (Å²) in [6.45, 7) is 0. The molecule has 0 saturated heterocycles. The van der Waals surface area contributed by atoms with Crippen LogP contribution in [0.5, 0.6) is 0 Å².